The lowest BCUT2D eigenvalue weighted by molar-refractivity contribution is -0.160. The monoisotopic (exact) mass is 669 g/mol. The van der Waals surface area contributed by atoms with Gasteiger partial charge >= 0.3 is 5.97 Å². The highest BCUT2D eigenvalue weighted by Gasteiger charge is 2.35. The van der Waals surface area contributed by atoms with Gasteiger partial charge in [-0.05, 0) is 114 Å². The first kappa shape index (κ1) is 32.4. The van der Waals surface area contributed by atoms with E-state index in [1.807, 2.05) is 58.0 Å². The van der Waals surface area contributed by atoms with Crippen molar-refractivity contribution in [1.82, 2.24) is 9.88 Å². The first-order chi connectivity index (χ1) is 22.5. The average Bonchev–Trinajstić information content (AvgIpc) is 3.79. The molecule has 2 atom stereocenters. The number of fused-ring (bicyclic) bond motifs is 2. The smallest absolute Gasteiger partial charge is 0.337 e. The summed E-state index contributed by atoms with van der Waals surface area (Å²) in [5, 5.41) is 12.0. The van der Waals surface area contributed by atoms with Crippen molar-refractivity contribution >= 4 is 44.8 Å². The summed E-state index contributed by atoms with van der Waals surface area (Å²) in [5.74, 6) is -0.532. The molecule has 47 heavy (non-hydrogen) atoms. The number of ether oxygens (including phenoxy) is 1. The number of aliphatic carboxylic acids is 1. The number of carboxylic acid groups (broad SMARTS) is 1. The van der Waals surface area contributed by atoms with Crippen molar-refractivity contribution in [2.24, 2.45) is 10.9 Å². The van der Waals surface area contributed by atoms with Gasteiger partial charge in [-0.15, -0.1) is 11.3 Å². The molecular weight excluding hydrogens is 626 g/mol. The van der Waals surface area contributed by atoms with Gasteiger partial charge in [0.15, 0.2) is 6.10 Å². The number of carboxylic acids is 1. The molecule has 4 aromatic rings. The third-order valence-electron chi connectivity index (χ3n) is 10.1. The number of aliphatic imine (C=N–C) groups is 1. The number of aryl methyl sites for hydroxylation is 1. The zero-order chi connectivity index (χ0) is 33.0. The molecular formula is C39H44ClN3O3S. The number of rotatable bonds is 7. The van der Waals surface area contributed by atoms with Crippen molar-refractivity contribution < 1.29 is 14.6 Å². The maximum atomic E-state index is 12.7. The first-order valence-electron chi connectivity index (χ1n) is 17.0. The van der Waals surface area contributed by atoms with Gasteiger partial charge in [-0.2, -0.15) is 0 Å². The number of likely N-dealkylation sites (tertiary alicyclic amines) is 1. The number of aromatic nitrogens is 1. The maximum Gasteiger partial charge on any atom is 0.337 e. The Kier molecular flexibility index (Phi) is 8.79. The largest absolute Gasteiger partial charge is 0.479 e. The third-order valence-corrected chi connectivity index (χ3v) is 11.5. The summed E-state index contributed by atoms with van der Waals surface area (Å²) >= 11 is 7.90. The van der Waals surface area contributed by atoms with Gasteiger partial charge in [-0.25, -0.2) is 9.78 Å². The predicted octanol–water partition coefficient (Wildman–Crippen LogP) is 10.1. The van der Waals surface area contributed by atoms with E-state index < -0.39 is 17.7 Å². The van der Waals surface area contributed by atoms with Crippen molar-refractivity contribution in [2.75, 3.05) is 13.1 Å². The molecule has 0 radical (unpaired) electrons. The van der Waals surface area contributed by atoms with Gasteiger partial charge in [-0.3, -0.25) is 4.99 Å². The summed E-state index contributed by atoms with van der Waals surface area (Å²) in [7, 11) is 0. The molecule has 0 amide bonds. The van der Waals surface area contributed by atoms with Gasteiger partial charge in [0.05, 0.1) is 21.9 Å². The van der Waals surface area contributed by atoms with Crippen LogP contribution in [-0.2, 0) is 9.53 Å². The zero-order valence-corrected chi connectivity index (χ0v) is 29.5. The molecule has 1 N–H and O–H groups in total. The van der Waals surface area contributed by atoms with Gasteiger partial charge < -0.3 is 14.7 Å². The van der Waals surface area contributed by atoms with Crippen molar-refractivity contribution in [3.05, 3.63) is 75.8 Å². The quantitative estimate of drug-likeness (QED) is 0.212. The summed E-state index contributed by atoms with van der Waals surface area (Å²) in [4.78, 5) is 25.9. The molecule has 8 heteroatoms. The van der Waals surface area contributed by atoms with E-state index in [4.69, 9.17) is 26.3 Å². The third kappa shape index (κ3) is 6.40. The van der Waals surface area contributed by atoms with Gasteiger partial charge in [-0.1, -0.05) is 48.7 Å². The maximum absolute atomic E-state index is 12.7. The van der Waals surface area contributed by atoms with Gasteiger partial charge in [0.2, 0.25) is 0 Å². The molecule has 1 unspecified atom stereocenters. The number of hydrogen-bond acceptors (Lipinski definition) is 6. The van der Waals surface area contributed by atoms with E-state index in [1.54, 1.807) is 11.3 Å². The highest BCUT2D eigenvalue weighted by Crippen LogP contribution is 2.45. The fourth-order valence-electron chi connectivity index (χ4n) is 7.92. The number of benzene rings is 3. The summed E-state index contributed by atoms with van der Waals surface area (Å²) in [6.45, 7) is 12.1. The Hall–Kier alpha value is -3.10. The van der Waals surface area contributed by atoms with E-state index in [-0.39, 0.29) is 6.04 Å². The Balaban J connectivity index is 1.28. The Morgan fingerprint density at radius 1 is 1.02 bits per heavy atom. The molecule has 3 aromatic carbocycles. The van der Waals surface area contributed by atoms with Crippen LogP contribution in [0, 0.1) is 12.8 Å². The second-order valence-corrected chi connectivity index (χ2v) is 16.0. The Morgan fingerprint density at radius 3 is 2.36 bits per heavy atom. The molecule has 2 fully saturated rings. The van der Waals surface area contributed by atoms with E-state index in [9.17, 15) is 9.90 Å². The minimum atomic E-state index is -1.14. The van der Waals surface area contributed by atoms with Crippen molar-refractivity contribution in [1.29, 1.82) is 0 Å². The molecule has 1 aliphatic carbocycles. The topological polar surface area (TPSA) is 75.0 Å². The minimum Gasteiger partial charge on any atom is -0.479 e. The van der Waals surface area contributed by atoms with Gasteiger partial charge in [0, 0.05) is 44.9 Å². The molecule has 2 aliphatic heterocycles. The average molecular weight is 670 g/mol. The number of piperidine rings is 1. The van der Waals surface area contributed by atoms with Crippen LogP contribution in [0.5, 0.6) is 0 Å². The normalized spacial score (nSPS) is 20.1. The Labute approximate surface area is 286 Å². The van der Waals surface area contributed by atoms with Crippen molar-refractivity contribution in [3.63, 3.8) is 0 Å². The summed E-state index contributed by atoms with van der Waals surface area (Å²) in [5.41, 5.74) is 8.30. The number of halogens is 1. The lowest BCUT2D eigenvalue weighted by atomic mass is 9.86. The van der Waals surface area contributed by atoms with E-state index >= 15 is 0 Å². The van der Waals surface area contributed by atoms with Crippen LogP contribution in [0.25, 0.3) is 31.9 Å². The van der Waals surface area contributed by atoms with Crippen LogP contribution in [0.3, 0.4) is 0 Å². The molecule has 0 bridgehead atoms. The number of hydrogen-bond donors (Lipinski definition) is 1. The molecule has 6 nitrogen and oxygen atoms in total. The number of nitrogens with zero attached hydrogens (tertiary/aromatic N) is 3. The van der Waals surface area contributed by atoms with E-state index in [0.29, 0.717) is 16.5 Å². The minimum absolute atomic E-state index is 0.162. The van der Waals surface area contributed by atoms with Crippen LogP contribution in [0.4, 0.5) is 0 Å². The summed E-state index contributed by atoms with van der Waals surface area (Å²) < 4.78 is 7.14. The number of carbonyl (C=O) groups is 1. The standard InChI is InChI=1S/C39H44ClN3O3S/c1-22-20-31-36(33(24-10-13-27(40)14-11-24)32(22)35(38(44)45)46-39(3,4)5)47-37(42-31)26-12-15-29-23(2)41-34(30(29)21-26)25-16-18-43(19-17-25)28-8-6-7-9-28/h10-15,20-21,23,25,28,35H,6-9,16-19H2,1-5H3,(H,44,45)/t23?,35-/m0/s1. The summed E-state index contributed by atoms with van der Waals surface area (Å²) in [6, 6.07) is 17.3. The Morgan fingerprint density at radius 2 is 1.70 bits per heavy atom. The van der Waals surface area contributed by atoms with Crippen LogP contribution in [0.2, 0.25) is 5.02 Å². The SMILES string of the molecule is Cc1cc2nc(-c3ccc4c(c3)C(C3CCN(C5CCCC5)CC3)=NC4C)sc2c(-c2ccc(Cl)cc2)c1[C@H](OC(C)(C)C)C(=O)O. The second-order valence-electron chi connectivity index (χ2n) is 14.5. The summed E-state index contributed by atoms with van der Waals surface area (Å²) in [6.07, 6.45) is 6.67. The first-order valence-corrected chi connectivity index (χ1v) is 18.2. The molecule has 1 aromatic heterocycles. The Bertz CT molecular complexity index is 1840. The van der Waals surface area contributed by atoms with Crippen LogP contribution >= 0.6 is 22.9 Å². The highest BCUT2D eigenvalue weighted by atomic mass is 35.5. The van der Waals surface area contributed by atoms with E-state index in [2.05, 4.69) is 30.0 Å². The van der Waals surface area contributed by atoms with Crippen LogP contribution in [0.15, 0.2) is 53.5 Å². The molecule has 1 saturated heterocycles. The lowest BCUT2D eigenvalue weighted by Gasteiger charge is -2.36. The molecule has 246 valence electrons. The fraction of sp³-hybridized carbons (Fsp3) is 0.462. The van der Waals surface area contributed by atoms with Crippen LogP contribution < -0.4 is 0 Å². The van der Waals surface area contributed by atoms with Crippen LogP contribution in [0.1, 0.15) is 101 Å². The molecule has 3 aliphatic rings. The molecule has 1 saturated carbocycles. The predicted molar refractivity (Wildman–Crippen MR) is 193 cm³/mol. The van der Waals surface area contributed by atoms with Crippen molar-refractivity contribution in [3.8, 4) is 21.7 Å². The van der Waals surface area contributed by atoms with Gasteiger partial charge in [0.1, 0.15) is 5.01 Å². The highest BCUT2D eigenvalue weighted by molar-refractivity contribution is 7.22. The molecule has 7 rings (SSSR count). The second kappa shape index (κ2) is 12.7. The van der Waals surface area contributed by atoms with E-state index in [1.165, 1.54) is 68.5 Å². The molecule has 0 spiro atoms. The number of thiazole rings is 1. The van der Waals surface area contributed by atoms with Gasteiger partial charge in [0.25, 0.3) is 0 Å². The lowest BCUT2D eigenvalue weighted by Crippen LogP contribution is -2.41. The van der Waals surface area contributed by atoms with E-state index in [0.717, 1.165) is 43.5 Å². The molecule has 3 heterocycles. The zero-order valence-electron chi connectivity index (χ0n) is 28.0. The van der Waals surface area contributed by atoms with Crippen molar-refractivity contribution in [2.45, 2.75) is 96.9 Å². The van der Waals surface area contributed by atoms with Crippen LogP contribution in [-0.4, -0.2) is 51.4 Å². The fourth-order valence-corrected chi connectivity index (χ4v) is 9.17.